The molecule has 128 valence electrons. The van der Waals surface area contributed by atoms with Gasteiger partial charge in [-0.15, -0.1) is 0 Å². The second kappa shape index (κ2) is 8.09. The van der Waals surface area contributed by atoms with E-state index in [1.54, 1.807) is 0 Å². The molecule has 3 saturated carbocycles. The van der Waals surface area contributed by atoms with Gasteiger partial charge in [0.1, 0.15) is 0 Å². The van der Waals surface area contributed by atoms with Crippen molar-refractivity contribution >= 4 is 0 Å². The maximum atomic E-state index is 9.58. The van der Waals surface area contributed by atoms with Crippen LogP contribution in [0.25, 0.3) is 0 Å². The number of aliphatic hydroxyl groups is 2. The van der Waals surface area contributed by atoms with Crippen molar-refractivity contribution in [2.75, 3.05) is 0 Å². The zero-order valence-electron chi connectivity index (χ0n) is 13.7. The Kier molecular flexibility index (Phi) is 6.14. The molecule has 3 rings (SSSR count). The fourth-order valence-corrected chi connectivity index (χ4v) is 4.26. The van der Waals surface area contributed by atoms with E-state index in [0.29, 0.717) is 24.4 Å². The molecule has 4 nitrogen and oxygen atoms in total. The predicted octanol–water partition coefficient (Wildman–Crippen LogP) is 2.94. The minimum atomic E-state index is -0.107. The summed E-state index contributed by atoms with van der Waals surface area (Å²) in [5, 5.41) is 19.2. The largest absolute Gasteiger partial charge is 0.393 e. The first-order chi connectivity index (χ1) is 10.7. The van der Waals surface area contributed by atoms with Gasteiger partial charge in [0.05, 0.1) is 36.6 Å². The molecule has 0 radical (unpaired) electrons. The van der Waals surface area contributed by atoms with E-state index in [9.17, 15) is 10.2 Å². The summed E-state index contributed by atoms with van der Waals surface area (Å²) in [5.74, 6) is 0. The van der Waals surface area contributed by atoms with E-state index in [-0.39, 0.29) is 12.2 Å². The van der Waals surface area contributed by atoms with Crippen LogP contribution in [0, 0.1) is 0 Å². The Morgan fingerprint density at radius 1 is 0.500 bits per heavy atom. The molecule has 3 aliphatic carbocycles. The molecule has 22 heavy (non-hydrogen) atoms. The minimum absolute atomic E-state index is 0.107. The molecule has 2 unspecified atom stereocenters. The summed E-state index contributed by atoms with van der Waals surface area (Å²) < 4.78 is 12.6. The standard InChI is InChI=1S/C18H32O4/c19-13-4-8-15(9-5-13)21-17-2-1-3-18(12-17)22-16-10-6-14(20)7-11-16/h13-20H,1-12H2. The summed E-state index contributed by atoms with van der Waals surface area (Å²) in [5.41, 5.74) is 0. The van der Waals surface area contributed by atoms with Crippen LogP contribution in [-0.4, -0.2) is 46.8 Å². The number of hydrogen-bond donors (Lipinski definition) is 2. The van der Waals surface area contributed by atoms with Crippen molar-refractivity contribution in [3.05, 3.63) is 0 Å². The zero-order valence-corrected chi connectivity index (χ0v) is 13.7. The third-order valence-corrected chi connectivity index (χ3v) is 5.64. The van der Waals surface area contributed by atoms with E-state index in [0.717, 1.165) is 70.6 Å². The van der Waals surface area contributed by atoms with Crippen LogP contribution in [0.4, 0.5) is 0 Å². The molecule has 3 aliphatic rings. The second-order valence-electron chi connectivity index (χ2n) is 7.54. The lowest BCUT2D eigenvalue weighted by Crippen LogP contribution is -2.36. The Morgan fingerprint density at radius 3 is 1.32 bits per heavy atom. The van der Waals surface area contributed by atoms with Crippen LogP contribution < -0.4 is 0 Å². The fraction of sp³-hybridized carbons (Fsp3) is 1.00. The summed E-state index contributed by atoms with van der Waals surface area (Å²) in [4.78, 5) is 0. The van der Waals surface area contributed by atoms with Gasteiger partial charge in [0, 0.05) is 0 Å². The van der Waals surface area contributed by atoms with Crippen molar-refractivity contribution < 1.29 is 19.7 Å². The fourth-order valence-electron chi connectivity index (χ4n) is 4.26. The van der Waals surface area contributed by atoms with Crippen LogP contribution in [0.15, 0.2) is 0 Å². The maximum absolute atomic E-state index is 9.58. The molecule has 3 fully saturated rings. The van der Waals surface area contributed by atoms with Gasteiger partial charge in [0.2, 0.25) is 0 Å². The first-order valence-corrected chi connectivity index (χ1v) is 9.36. The van der Waals surface area contributed by atoms with Gasteiger partial charge in [-0.25, -0.2) is 0 Å². The summed E-state index contributed by atoms with van der Waals surface area (Å²) >= 11 is 0. The highest BCUT2D eigenvalue weighted by Gasteiger charge is 2.30. The maximum Gasteiger partial charge on any atom is 0.0603 e. The van der Waals surface area contributed by atoms with Crippen LogP contribution in [0.1, 0.15) is 77.0 Å². The van der Waals surface area contributed by atoms with Crippen LogP contribution >= 0.6 is 0 Å². The van der Waals surface area contributed by atoms with Crippen LogP contribution in [0.3, 0.4) is 0 Å². The Morgan fingerprint density at radius 2 is 0.909 bits per heavy atom. The SMILES string of the molecule is OC1CCC(OC2CCCC(OC3CCC(O)CC3)C2)CC1. The molecule has 0 bridgehead atoms. The molecule has 0 saturated heterocycles. The molecule has 0 spiro atoms. The van der Waals surface area contributed by atoms with E-state index in [1.165, 1.54) is 6.42 Å². The average Bonchev–Trinajstić information content (AvgIpc) is 2.52. The van der Waals surface area contributed by atoms with Gasteiger partial charge < -0.3 is 19.7 Å². The van der Waals surface area contributed by atoms with Gasteiger partial charge in [-0.1, -0.05) is 0 Å². The number of hydrogen-bond acceptors (Lipinski definition) is 4. The van der Waals surface area contributed by atoms with Crippen molar-refractivity contribution in [2.24, 2.45) is 0 Å². The highest BCUT2D eigenvalue weighted by Crippen LogP contribution is 2.31. The lowest BCUT2D eigenvalue weighted by atomic mass is 9.91. The van der Waals surface area contributed by atoms with Crippen molar-refractivity contribution in [3.8, 4) is 0 Å². The Bertz CT molecular complexity index is 289. The molecule has 0 heterocycles. The summed E-state index contributed by atoms with van der Waals surface area (Å²) in [6.07, 6.45) is 13.3. The van der Waals surface area contributed by atoms with E-state index in [4.69, 9.17) is 9.47 Å². The molecule has 4 heteroatoms. The van der Waals surface area contributed by atoms with Gasteiger partial charge in [0.25, 0.3) is 0 Å². The van der Waals surface area contributed by atoms with Gasteiger partial charge in [-0.05, 0) is 77.0 Å². The van der Waals surface area contributed by atoms with Crippen molar-refractivity contribution in [2.45, 2.75) is 114 Å². The molecule has 2 atom stereocenters. The topological polar surface area (TPSA) is 58.9 Å². The predicted molar refractivity (Wildman–Crippen MR) is 84.7 cm³/mol. The molecule has 0 aromatic rings. The molecular formula is C18H32O4. The quantitative estimate of drug-likeness (QED) is 0.838. The van der Waals surface area contributed by atoms with Crippen LogP contribution in [-0.2, 0) is 9.47 Å². The van der Waals surface area contributed by atoms with Crippen molar-refractivity contribution in [1.82, 2.24) is 0 Å². The lowest BCUT2D eigenvalue weighted by molar-refractivity contribution is -0.113. The van der Waals surface area contributed by atoms with E-state index in [2.05, 4.69) is 0 Å². The van der Waals surface area contributed by atoms with E-state index < -0.39 is 0 Å². The third-order valence-electron chi connectivity index (χ3n) is 5.64. The molecule has 0 aromatic heterocycles. The molecule has 0 amide bonds. The average molecular weight is 312 g/mol. The smallest absolute Gasteiger partial charge is 0.0603 e. The summed E-state index contributed by atoms with van der Waals surface area (Å²) in [6.45, 7) is 0. The Labute approximate surface area is 134 Å². The highest BCUT2D eigenvalue weighted by molar-refractivity contribution is 4.80. The van der Waals surface area contributed by atoms with Crippen LogP contribution in [0.2, 0.25) is 0 Å². The highest BCUT2D eigenvalue weighted by atomic mass is 16.5. The summed E-state index contributed by atoms with van der Waals surface area (Å²) in [7, 11) is 0. The van der Waals surface area contributed by atoms with Crippen molar-refractivity contribution in [3.63, 3.8) is 0 Å². The number of aliphatic hydroxyl groups excluding tert-OH is 2. The molecule has 2 N–H and O–H groups in total. The minimum Gasteiger partial charge on any atom is -0.393 e. The zero-order chi connectivity index (χ0) is 15.4. The number of rotatable bonds is 4. The van der Waals surface area contributed by atoms with Crippen LogP contribution in [0.5, 0.6) is 0 Å². The van der Waals surface area contributed by atoms with Gasteiger partial charge >= 0.3 is 0 Å². The van der Waals surface area contributed by atoms with Gasteiger partial charge in [-0.3, -0.25) is 0 Å². The lowest BCUT2D eigenvalue weighted by Gasteiger charge is -2.36. The molecule has 0 aromatic carbocycles. The summed E-state index contributed by atoms with van der Waals surface area (Å²) in [6, 6.07) is 0. The monoisotopic (exact) mass is 312 g/mol. The second-order valence-corrected chi connectivity index (χ2v) is 7.54. The normalized spacial score (nSPS) is 43.9. The van der Waals surface area contributed by atoms with Gasteiger partial charge in [-0.2, -0.15) is 0 Å². The Hall–Kier alpha value is -0.160. The van der Waals surface area contributed by atoms with E-state index in [1.807, 2.05) is 0 Å². The van der Waals surface area contributed by atoms with Crippen molar-refractivity contribution in [1.29, 1.82) is 0 Å². The first kappa shape index (κ1) is 16.7. The molecular weight excluding hydrogens is 280 g/mol. The third kappa shape index (κ3) is 4.92. The first-order valence-electron chi connectivity index (χ1n) is 9.36. The number of ether oxygens (including phenoxy) is 2. The Balaban J connectivity index is 1.39. The van der Waals surface area contributed by atoms with Gasteiger partial charge in [0.15, 0.2) is 0 Å². The van der Waals surface area contributed by atoms with E-state index >= 15 is 0 Å². The molecule has 0 aliphatic heterocycles.